The Morgan fingerprint density at radius 3 is 2.77 bits per heavy atom. The molecule has 1 rings (SSSR count). The third-order valence-corrected chi connectivity index (χ3v) is 1.68. The molecule has 3 N–H and O–H groups in total. The van der Waals surface area contributed by atoms with Crippen molar-refractivity contribution >= 4 is 11.6 Å². The highest BCUT2D eigenvalue weighted by Crippen LogP contribution is 2.10. The quantitative estimate of drug-likeness (QED) is 0.677. The Bertz CT molecular complexity index is 316. The molecule has 0 saturated carbocycles. The van der Waals surface area contributed by atoms with E-state index in [1.807, 2.05) is 6.92 Å². The molecule has 13 heavy (non-hydrogen) atoms. The van der Waals surface area contributed by atoms with Crippen LogP contribution in [0.4, 0.5) is 5.69 Å². The van der Waals surface area contributed by atoms with E-state index in [9.17, 15) is 4.79 Å². The molecule has 1 aromatic heterocycles. The largest absolute Gasteiger partial charge is 0.322 e. The molecule has 0 aromatic carbocycles. The predicted octanol–water partition coefficient (Wildman–Crippen LogP) is 0.0142. The summed E-state index contributed by atoms with van der Waals surface area (Å²) in [5, 5.41) is 6.77. The van der Waals surface area contributed by atoms with Crippen molar-refractivity contribution in [1.29, 1.82) is 0 Å². The van der Waals surface area contributed by atoms with Gasteiger partial charge in [-0.15, -0.1) is 0 Å². The number of carbonyl (C=O) groups is 1. The Balaban J connectivity index is 2.74. The molecular formula is C8H14N4O. The van der Waals surface area contributed by atoms with Crippen LogP contribution >= 0.6 is 0 Å². The van der Waals surface area contributed by atoms with E-state index in [4.69, 9.17) is 5.73 Å². The highest BCUT2D eigenvalue weighted by molar-refractivity contribution is 5.94. The van der Waals surface area contributed by atoms with Gasteiger partial charge in [-0.1, -0.05) is 0 Å². The van der Waals surface area contributed by atoms with Gasteiger partial charge in [0.25, 0.3) is 0 Å². The Hall–Kier alpha value is -1.36. The fraction of sp³-hybridized carbons (Fsp3) is 0.500. The summed E-state index contributed by atoms with van der Waals surface area (Å²) in [5.41, 5.74) is 6.90. The van der Waals surface area contributed by atoms with Crippen LogP contribution in [0, 0.1) is 6.92 Å². The van der Waals surface area contributed by atoms with Crippen LogP contribution in [0.1, 0.15) is 12.6 Å². The number of aromatic nitrogens is 2. The van der Waals surface area contributed by atoms with Gasteiger partial charge in [-0.25, -0.2) is 0 Å². The summed E-state index contributed by atoms with van der Waals surface area (Å²) in [6.07, 6.45) is 1.75. The first-order valence-electron chi connectivity index (χ1n) is 4.07. The number of amides is 1. The number of nitrogens with one attached hydrogen (secondary N) is 1. The second kappa shape index (κ2) is 3.57. The van der Waals surface area contributed by atoms with Crippen molar-refractivity contribution in [2.45, 2.75) is 19.9 Å². The molecule has 0 saturated heterocycles. The van der Waals surface area contributed by atoms with Crippen molar-refractivity contribution < 1.29 is 4.79 Å². The second-order valence-electron chi connectivity index (χ2n) is 3.08. The van der Waals surface area contributed by atoms with Gasteiger partial charge in [0.15, 0.2) is 0 Å². The van der Waals surface area contributed by atoms with E-state index in [-0.39, 0.29) is 5.91 Å². The van der Waals surface area contributed by atoms with E-state index < -0.39 is 6.04 Å². The van der Waals surface area contributed by atoms with Crippen LogP contribution in [0.5, 0.6) is 0 Å². The molecule has 1 atom stereocenters. The average molecular weight is 182 g/mol. The van der Waals surface area contributed by atoms with Gasteiger partial charge in [0.1, 0.15) is 0 Å². The molecule has 5 nitrogen and oxygen atoms in total. The minimum atomic E-state index is -0.500. The monoisotopic (exact) mass is 182 g/mol. The standard InChI is InChI=1S/C8H14N4O/c1-5(9)8(13)10-7-4-12(3)11-6(7)2/h4-5H,9H2,1-3H3,(H,10,13). The maximum Gasteiger partial charge on any atom is 0.241 e. The Kier molecular flexibility index (Phi) is 2.67. The van der Waals surface area contributed by atoms with Crippen molar-refractivity contribution in [3.8, 4) is 0 Å². The van der Waals surface area contributed by atoms with Crippen molar-refractivity contribution in [3.63, 3.8) is 0 Å². The first-order chi connectivity index (χ1) is 6.00. The van der Waals surface area contributed by atoms with Crippen LogP contribution in [0.3, 0.4) is 0 Å². The molecule has 5 heteroatoms. The number of nitrogens with zero attached hydrogens (tertiary/aromatic N) is 2. The predicted molar refractivity (Wildman–Crippen MR) is 50.2 cm³/mol. The molecule has 0 fully saturated rings. The lowest BCUT2D eigenvalue weighted by molar-refractivity contribution is -0.117. The fourth-order valence-corrected chi connectivity index (χ4v) is 0.969. The van der Waals surface area contributed by atoms with Crippen LogP contribution in [0.2, 0.25) is 0 Å². The summed E-state index contributed by atoms with van der Waals surface area (Å²) < 4.78 is 1.64. The number of carbonyl (C=O) groups excluding carboxylic acids is 1. The van der Waals surface area contributed by atoms with E-state index in [0.29, 0.717) is 5.69 Å². The van der Waals surface area contributed by atoms with Crippen LogP contribution < -0.4 is 11.1 Å². The SMILES string of the molecule is Cc1nn(C)cc1NC(=O)C(C)N. The van der Waals surface area contributed by atoms with E-state index in [1.54, 1.807) is 24.9 Å². The minimum Gasteiger partial charge on any atom is -0.322 e. The summed E-state index contributed by atoms with van der Waals surface area (Å²) in [5.74, 6) is -0.198. The molecule has 0 aliphatic heterocycles. The van der Waals surface area contributed by atoms with E-state index in [1.165, 1.54) is 0 Å². The molecule has 1 amide bonds. The number of hydrogen-bond acceptors (Lipinski definition) is 3. The minimum absolute atomic E-state index is 0.198. The summed E-state index contributed by atoms with van der Waals surface area (Å²) in [4.78, 5) is 11.2. The lowest BCUT2D eigenvalue weighted by Gasteiger charge is -2.05. The molecule has 0 spiro atoms. The number of anilines is 1. The Labute approximate surface area is 76.9 Å². The summed E-state index contributed by atoms with van der Waals surface area (Å²) in [6.45, 7) is 3.47. The molecule has 0 bridgehead atoms. The lowest BCUT2D eigenvalue weighted by atomic mass is 10.3. The molecule has 0 aliphatic rings. The molecule has 72 valence electrons. The van der Waals surface area contributed by atoms with Crippen molar-refractivity contribution in [2.24, 2.45) is 12.8 Å². The highest BCUT2D eigenvalue weighted by Gasteiger charge is 2.10. The van der Waals surface area contributed by atoms with E-state index in [2.05, 4.69) is 10.4 Å². The van der Waals surface area contributed by atoms with Gasteiger partial charge < -0.3 is 11.1 Å². The summed E-state index contributed by atoms with van der Waals surface area (Å²) >= 11 is 0. The van der Waals surface area contributed by atoms with Gasteiger partial charge in [0, 0.05) is 13.2 Å². The zero-order valence-corrected chi connectivity index (χ0v) is 8.03. The zero-order chi connectivity index (χ0) is 10.0. The maximum atomic E-state index is 11.2. The van der Waals surface area contributed by atoms with Gasteiger partial charge >= 0.3 is 0 Å². The number of aryl methyl sites for hydroxylation is 2. The Morgan fingerprint density at radius 2 is 2.38 bits per heavy atom. The molecule has 1 heterocycles. The van der Waals surface area contributed by atoms with Crippen molar-refractivity contribution in [1.82, 2.24) is 9.78 Å². The molecule has 0 aliphatic carbocycles. The molecule has 0 radical (unpaired) electrons. The fourth-order valence-electron chi connectivity index (χ4n) is 0.969. The molecule has 1 aromatic rings. The molecular weight excluding hydrogens is 168 g/mol. The maximum absolute atomic E-state index is 11.2. The smallest absolute Gasteiger partial charge is 0.241 e. The van der Waals surface area contributed by atoms with Crippen molar-refractivity contribution in [2.75, 3.05) is 5.32 Å². The van der Waals surface area contributed by atoms with Crippen LogP contribution in [0.15, 0.2) is 6.20 Å². The van der Waals surface area contributed by atoms with Gasteiger partial charge in [-0.2, -0.15) is 5.10 Å². The van der Waals surface area contributed by atoms with Crippen LogP contribution in [-0.2, 0) is 11.8 Å². The van der Waals surface area contributed by atoms with Crippen molar-refractivity contribution in [3.05, 3.63) is 11.9 Å². The Morgan fingerprint density at radius 1 is 1.77 bits per heavy atom. The zero-order valence-electron chi connectivity index (χ0n) is 8.03. The van der Waals surface area contributed by atoms with Gasteiger partial charge in [0.05, 0.1) is 17.4 Å². The highest BCUT2D eigenvalue weighted by atomic mass is 16.2. The van der Waals surface area contributed by atoms with E-state index in [0.717, 1.165) is 5.69 Å². The normalized spacial score (nSPS) is 12.6. The summed E-state index contributed by atoms with van der Waals surface area (Å²) in [7, 11) is 1.80. The second-order valence-corrected chi connectivity index (χ2v) is 3.08. The topological polar surface area (TPSA) is 72.9 Å². The molecule has 1 unspecified atom stereocenters. The summed E-state index contributed by atoms with van der Waals surface area (Å²) in [6, 6.07) is -0.500. The van der Waals surface area contributed by atoms with Crippen LogP contribution in [-0.4, -0.2) is 21.7 Å². The van der Waals surface area contributed by atoms with Gasteiger partial charge in [-0.3, -0.25) is 9.48 Å². The number of rotatable bonds is 2. The van der Waals surface area contributed by atoms with Gasteiger partial charge in [-0.05, 0) is 13.8 Å². The first-order valence-corrected chi connectivity index (χ1v) is 4.07. The number of hydrogen-bond donors (Lipinski definition) is 2. The number of nitrogens with two attached hydrogens (primary N) is 1. The third-order valence-electron chi connectivity index (χ3n) is 1.68. The lowest BCUT2D eigenvalue weighted by Crippen LogP contribution is -2.32. The van der Waals surface area contributed by atoms with Gasteiger partial charge in [0.2, 0.25) is 5.91 Å². The van der Waals surface area contributed by atoms with Crippen LogP contribution in [0.25, 0.3) is 0 Å². The van der Waals surface area contributed by atoms with E-state index >= 15 is 0 Å². The first kappa shape index (κ1) is 9.73. The average Bonchev–Trinajstić information content (AvgIpc) is 2.30. The third kappa shape index (κ3) is 2.29.